The summed E-state index contributed by atoms with van der Waals surface area (Å²) in [6.07, 6.45) is 1.81. The van der Waals surface area contributed by atoms with Crippen molar-refractivity contribution in [1.29, 1.82) is 0 Å². The highest BCUT2D eigenvalue weighted by Gasteiger charge is 2.05. The van der Waals surface area contributed by atoms with E-state index in [0.29, 0.717) is 5.15 Å². The maximum atomic E-state index is 5.88. The fourth-order valence-electron chi connectivity index (χ4n) is 1.60. The zero-order chi connectivity index (χ0) is 11.0. The lowest BCUT2D eigenvalue weighted by molar-refractivity contribution is 0.712. The highest BCUT2D eigenvalue weighted by molar-refractivity contribution is 7.09. The average Bonchev–Trinajstić information content (AvgIpc) is 2.90. The van der Waals surface area contributed by atoms with Crippen LogP contribution in [-0.2, 0) is 6.54 Å². The van der Waals surface area contributed by atoms with Crippen molar-refractivity contribution in [1.82, 2.24) is 14.8 Å². The zero-order valence-corrected chi connectivity index (χ0v) is 9.87. The summed E-state index contributed by atoms with van der Waals surface area (Å²) in [6.45, 7) is 0.745. The minimum absolute atomic E-state index is 0.500. The van der Waals surface area contributed by atoms with Crippen LogP contribution in [0.25, 0.3) is 11.0 Å². The molecular weight excluding hydrogens is 242 g/mol. The molecule has 3 aromatic heterocycles. The average molecular weight is 250 g/mol. The zero-order valence-electron chi connectivity index (χ0n) is 8.30. The number of hydrogen-bond donors (Lipinski definition) is 0. The maximum absolute atomic E-state index is 5.88. The SMILES string of the molecule is Clc1ccc2cnn(Cc3cccs3)c2n1. The van der Waals surface area contributed by atoms with Crippen molar-refractivity contribution >= 4 is 34.0 Å². The number of aromatic nitrogens is 3. The van der Waals surface area contributed by atoms with Crippen molar-refractivity contribution in [3.8, 4) is 0 Å². The predicted octanol–water partition coefficient (Wildman–Crippen LogP) is 3.19. The van der Waals surface area contributed by atoms with Crippen molar-refractivity contribution in [2.75, 3.05) is 0 Å². The normalized spacial score (nSPS) is 11.1. The molecule has 3 nitrogen and oxygen atoms in total. The summed E-state index contributed by atoms with van der Waals surface area (Å²) < 4.78 is 1.87. The van der Waals surface area contributed by atoms with Gasteiger partial charge < -0.3 is 0 Å². The molecular formula is C11H8ClN3S. The van der Waals surface area contributed by atoms with Crippen molar-refractivity contribution in [2.24, 2.45) is 0 Å². The molecule has 0 amide bonds. The number of rotatable bonds is 2. The second-order valence-corrected chi connectivity index (χ2v) is 4.85. The number of hydrogen-bond acceptors (Lipinski definition) is 3. The van der Waals surface area contributed by atoms with Crippen molar-refractivity contribution < 1.29 is 0 Å². The molecule has 16 heavy (non-hydrogen) atoms. The summed E-state index contributed by atoms with van der Waals surface area (Å²) in [6, 6.07) is 7.83. The van der Waals surface area contributed by atoms with E-state index < -0.39 is 0 Å². The topological polar surface area (TPSA) is 30.7 Å². The lowest BCUT2D eigenvalue weighted by atomic mass is 10.3. The Bertz CT molecular complexity index is 615. The van der Waals surface area contributed by atoms with E-state index in [2.05, 4.69) is 21.5 Å². The van der Waals surface area contributed by atoms with Gasteiger partial charge in [0.2, 0.25) is 0 Å². The van der Waals surface area contributed by atoms with Gasteiger partial charge in [-0.3, -0.25) is 0 Å². The first-order valence-corrected chi connectivity index (χ1v) is 6.09. The Kier molecular flexibility index (Phi) is 2.38. The third-order valence-electron chi connectivity index (χ3n) is 2.34. The Morgan fingerprint density at radius 2 is 2.25 bits per heavy atom. The molecule has 3 aromatic rings. The van der Waals surface area contributed by atoms with Crippen LogP contribution >= 0.6 is 22.9 Å². The van der Waals surface area contributed by atoms with E-state index in [4.69, 9.17) is 11.6 Å². The molecule has 0 spiro atoms. The lowest BCUT2D eigenvalue weighted by Crippen LogP contribution is -2.00. The molecule has 0 aliphatic carbocycles. The fourth-order valence-corrected chi connectivity index (χ4v) is 2.42. The summed E-state index contributed by atoms with van der Waals surface area (Å²) in [5.41, 5.74) is 0.834. The van der Waals surface area contributed by atoms with Crippen LogP contribution in [0.5, 0.6) is 0 Å². The van der Waals surface area contributed by atoms with Crippen molar-refractivity contribution in [3.63, 3.8) is 0 Å². The quantitative estimate of drug-likeness (QED) is 0.653. The van der Waals surface area contributed by atoms with Gasteiger partial charge in [-0.1, -0.05) is 17.7 Å². The molecule has 0 saturated carbocycles. The van der Waals surface area contributed by atoms with Gasteiger partial charge in [0.1, 0.15) is 5.15 Å². The van der Waals surface area contributed by atoms with Crippen LogP contribution in [0.15, 0.2) is 35.8 Å². The first kappa shape index (κ1) is 9.81. The van der Waals surface area contributed by atoms with Crippen molar-refractivity contribution in [2.45, 2.75) is 6.54 Å². The fraction of sp³-hybridized carbons (Fsp3) is 0.0909. The molecule has 0 bridgehead atoms. The van der Waals surface area contributed by atoms with Crippen LogP contribution in [0.2, 0.25) is 5.15 Å². The summed E-state index contributed by atoms with van der Waals surface area (Å²) in [5.74, 6) is 0. The van der Waals surface area contributed by atoms with E-state index in [1.807, 2.05) is 23.0 Å². The Morgan fingerprint density at radius 1 is 1.31 bits per heavy atom. The van der Waals surface area contributed by atoms with Gasteiger partial charge in [-0.25, -0.2) is 9.67 Å². The van der Waals surface area contributed by atoms with Gasteiger partial charge >= 0.3 is 0 Å². The molecule has 0 aliphatic heterocycles. The van der Waals surface area contributed by atoms with Gasteiger partial charge in [0.25, 0.3) is 0 Å². The van der Waals surface area contributed by atoms with E-state index in [0.717, 1.165) is 17.6 Å². The third-order valence-corrected chi connectivity index (χ3v) is 3.41. The van der Waals surface area contributed by atoms with Gasteiger partial charge in [0.15, 0.2) is 5.65 Å². The summed E-state index contributed by atoms with van der Waals surface area (Å²) in [4.78, 5) is 5.54. The summed E-state index contributed by atoms with van der Waals surface area (Å²) in [5, 5.41) is 7.89. The van der Waals surface area contributed by atoms with Crippen LogP contribution in [-0.4, -0.2) is 14.8 Å². The Labute approximate surface area is 101 Å². The number of halogens is 1. The summed E-state index contributed by atoms with van der Waals surface area (Å²) >= 11 is 7.59. The van der Waals surface area contributed by atoms with Gasteiger partial charge in [0, 0.05) is 10.3 Å². The van der Waals surface area contributed by atoms with Crippen LogP contribution in [0, 0.1) is 0 Å². The minimum atomic E-state index is 0.500. The molecule has 5 heteroatoms. The molecule has 0 unspecified atom stereocenters. The number of thiophene rings is 1. The Morgan fingerprint density at radius 3 is 3.06 bits per heavy atom. The second-order valence-electron chi connectivity index (χ2n) is 3.43. The molecule has 0 radical (unpaired) electrons. The van der Waals surface area contributed by atoms with Crippen molar-refractivity contribution in [3.05, 3.63) is 45.9 Å². The van der Waals surface area contributed by atoms with Gasteiger partial charge in [-0.2, -0.15) is 5.10 Å². The first-order chi connectivity index (χ1) is 7.83. The largest absolute Gasteiger partial charge is 0.242 e. The van der Waals surface area contributed by atoms with Crippen LogP contribution < -0.4 is 0 Å². The standard InChI is InChI=1S/C11H8ClN3S/c12-10-4-3-8-6-13-15(11(8)14-10)7-9-2-1-5-16-9/h1-6H,7H2. The number of fused-ring (bicyclic) bond motifs is 1. The number of nitrogens with zero attached hydrogens (tertiary/aromatic N) is 3. The molecule has 3 heterocycles. The number of pyridine rings is 1. The first-order valence-electron chi connectivity index (χ1n) is 4.83. The maximum Gasteiger partial charge on any atom is 0.159 e. The van der Waals surface area contributed by atoms with Crippen LogP contribution in [0.3, 0.4) is 0 Å². The van der Waals surface area contributed by atoms with E-state index in [9.17, 15) is 0 Å². The van der Waals surface area contributed by atoms with E-state index in [-0.39, 0.29) is 0 Å². The van der Waals surface area contributed by atoms with E-state index >= 15 is 0 Å². The monoisotopic (exact) mass is 249 g/mol. The third kappa shape index (κ3) is 1.70. The van der Waals surface area contributed by atoms with Gasteiger partial charge in [0.05, 0.1) is 12.7 Å². The molecule has 3 rings (SSSR count). The molecule has 0 atom stereocenters. The molecule has 0 N–H and O–H groups in total. The Balaban J connectivity index is 2.07. The molecule has 80 valence electrons. The van der Waals surface area contributed by atoms with E-state index in [1.165, 1.54) is 4.88 Å². The molecule has 0 fully saturated rings. The predicted molar refractivity (Wildman–Crippen MR) is 66.0 cm³/mol. The minimum Gasteiger partial charge on any atom is -0.242 e. The lowest BCUT2D eigenvalue weighted by Gasteiger charge is -2.00. The molecule has 0 aromatic carbocycles. The van der Waals surface area contributed by atoms with Crippen LogP contribution in [0.1, 0.15) is 4.88 Å². The van der Waals surface area contributed by atoms with E-state index in [1.54, 1.807) is 17.4 Å². The Hall–Kier alpha value is -1.39. The highest BCUT2D eigenvalue weighted by Crippen LogP contribution is 2.17. The smallest absolute Gasteiger partial charge is 0.159 e. The summed E-state index contributed by atoms with van der Waals surface area (Å²) in [7, 11) is 0. The molecule has 0 saturated heterocycles. The van der Waals surface area contributed by atoms with Gasteiger partial charge in [-0.05, 0) is 23.6 Å². The second kappa shape index (κ2) is 3.88. The highest BCUT2D eigenvalue weighted by atomic mass is 35.5. The van der Waals surface area contributed by atoms with Crippen LogP contribution in [0.4, 0.5) is 0 Å². The van der Waals surface area contributed by atoms with Gasteiger partial charge in [-0.15, -0.1) is 11.3 Å². The molecule has 0 aliphatic rings.